The summed E-state index contributed by atoms with van der Waals surface area (Å²) < 4.78 is 1.58. The molecule has 0 aliphatic carbocycles. The number of nitrogens with zero attached hydrogens (tertiary/aromatic N) is 4. The zero-order valence-electron chi connectivity index (χ0n) is 16.7. The third kappa shape index (κ3) is 3.59. The number of aryl methyl sites for hydroxylation is 1. The summed E-state index contributed by atoms with van der Waals surface area (Å²) in [4.78, 5) is 29.0. The van der Waals surface area contributed by atoms with Crippen molar-refractivity contribution in [3.63, 3.8) is 0 Å². The number of aromatic hydroxyl groups is 1. The number of nitrogens with two attached hydrogens (primary N) is 1. The number of rotatable bonds is 3. The van der Waals surface area contributed by atoms with Crippen molar-refractivity contribution in [3.05, 3.63) is 71.4 Å². The third-order valence-electron chi connectivity index (χ3n) is 5.35. The largest absolute Gasteiger partial charge is 0.508 e. The van der Waals surface area contributed by atoms with Crippen LogP contribution in [-0.4, -0.2) is 62.7 Å². The maximum Gasteiger partial charge on any atom is 0.259 e. The molecule has 2 heterocycles. The van der Waals surface area contributed by atoms with Crippen LogP contribution >= 0.6 is 0 Å². The SMILES string of the molecule is Cc1ccccc1-n1ncc(C(=O)N2CCN(C(=O)c3ccc(O)cc3)CC2)c1N. The van der Waals surface area contributed by atoms with Crippen LogP contribution in [0.15, 0.2) is 54.7 Å². The number of amides is 2. The van der Waals surface area contributed by atoms with Crippen molar-refractivity contribution in [1.82, 2.24) is 19.6 Å². The monoisotopic (exact) mass is 405 g/mol. The van der Waals surface area contributed by atoms with Crippen LogP contribution in [0.25, 0.3) is 5.69 Å². The molecule has 8 heteroatoms. The van der Waals surface area contributed by atoms with Gasteiger partial charge in [0.2, 0.25) is 0 Å². The number of para-hydroxylation sites is 1. The molecule has 0 spiro atoms. The fourth-order valence-corrected chi connectivity index (χ4v) is 3.59. The number of anilines is 1. The summed E-state index contributed by atoms with van der Waals surface area (Å²) in [5.74, 6) is 0.112. The smallest absolute Gasteiger partial charge is 0.259 e. The first-order valence-electron chi connectivity index (χ1n) is 9.73. The first kappa shape index (κ1) is 19.5. The highest BCUT2D eigenvalue weighted by Gasteiger charge is 2.28. The fraction of sp³-hybridized carbons (Fsp3) is 0.227. The summed E-state index contributed by atoms with van der Waals surface area (Å²) >= 11 is 0. The predicted octanol–water partition coefficient (Wildman–Crippen LogP) is 2.07. The average Bonchev–Trinajstić information content (AvgIpc) is 3.15. The Morgan fingerprint density at radius 1 is 0.933 bits per heavy atom. The van der Waals surface area contributed by atoms with Crippen molar-refractivity contribution in [2.45, 2.75) is 6.92 Å². The lowest BCUT2D eigenvalue weighted by Crippen LogP contribution is -2.50. The van der Waals surface area contributed by atoms with Crippen LogP contribution in [0.5, 0.6) is 5.75 Å². The second kappa shape index (κ2) is 7.90. The Kier molecular flexibility index (Phi) is 5.14. The molecular formula is C22H23N5O3. The normalized spacial score (nSPS) is 14.0. The van der Waals surface area contributed by atoms with Crippen molar-refractivity contribution in [2.75, 3.05) is 31.9 Å². The molecule has 2 amide bonds. The van der Waals surface area contributed by atoms with E-state index >= 15 is 0 Å². The van der Waals surface area contributed by atoms with Gasteiger partial charge in [0, 0.05) is 31.7 Å². The van der Waals surface area contributed by atoms with E-state index in [1.165, 1.54) is 18.3 Å². The molecular weight excluding hydrogens is 382 g/mol. The quantitative estimate of drug-likeness (QED) is 0.694. The summed E-state index contributed by atoms with van der Waals surface area (Å²) in [5, 5.41) is 13.7. The zero-order chi connectivity index (χ0) is 21.3. The van der Waals surface area contributed by atoms with Gasteiger partial charge in [0.25, 0.3) is 11.8 Å². The highest BCUT2D eigenvalue weighted by Crippen LogP contribution is 2.22. The number of phenols is 1. The molecule has 1 saturated heterocycles. The van der Waals surface area contributed by atoms with Gasteiger partial charge in [-0.15, -0.1) is 0 Å². The van der Waals surface area contributed by atoms with E-state index in [1.54, 1.807) is 26.6 Å². The molecule has 1 aliphatic rings. The lowest BCUT2D eigenvalue weighted by Gasteiger charge is -2.34. The molecule has 0 unspecified atom stereocenters. The van der Waals surface area contributed by atoms with Crippen molar-refractivity contribution in [3.8, 4) is 11.4 Å². The number of nitrogen functional groups attached to an aromatic ring is 1. The minimum atomic E-state index is -0.191. The molecule has 1 aromatic heterocycles. The van der Waals surface area contributed by atoms with E-state index < -0.39 is 0 Å². The number of carbonyl (C=O) groups excluding carboxylic acids is 2. The molecule has 1 fully saturated rings. The Morgan fingerprint density at radius 3 is 2.17 bits per heavy atom. The van der Waals surface area contributed by atoms with Gasteiger partial charge in [-0.05, 0) is 42.8 Å². The minimum absolute atomic E-state index is 0.116. The van der Waals surface area contributed by atoms with Gasteiger partial charge < -0.3 is 20.6 Å². The first-order valence-corrected chi connectivity index (χ1v) is 9.73. The van der Waals surface area contributed by atoms with E-state index in [0.717, 1.165) is 11.3 Å². The van der Waals surface area contributed by atoms with Crippen molar-refractivity contribution in [1.29, 1.82) is 0 Å². The van der Waals surface area contributed by atoms with Gasteiger partial charge in [-0.3, -0.25) is 9.59 Å². The van der Waals surface area contributed by atoms with Gasteiger partial charge in [-0.25, -0.2) is 4.68 Å². The Hall–Kier alpha value is -3.81. The van der Waals surface area contributed by atoms with E-state index in [4.69, 9.17) is 5.73 Å². The Balaban J connectivity index is 1.44. The molecule has 3 N–H and O–H groups in total. The first-order chi connectivity index (χ1) is 14.5. The molecule has 30 heavy (non-hydrogen) atoms. The second-order valence-electron chi connectivity index (χ2n) is 7.27. The van der Waals surface area contributed by atoms with Gasteiger partial charge in [-0.1, -0.05) is 18.2 Å². The molecule has 3 aromatic rings. The van der Waals surface area contributed by atoms with Crippen LogP contribution in [-0.2, 0) is 0 Å². The minimum Gasteiger partial charge on any atom is -0.508 e. The molecule has 0 atom stereocenters. The van der Waals surface area contributed by atoms with Crippen LogP contribution in [0.1, 0.15) is 26.3 Å². The van der Waals surface area contributed by atoms with E-state index in [-0.39, 0.29) is 17.6 Å². The van der Waals surface area contributed by atoms with Crippen molar-refractivity contribution < 1.29 is 14.7 Å². The number of aromatic nitrogens is 2. The lowest BCUT2D eigenvalue weighted by molar-refractivity contribution is 0.0536. The van der Waals surface area contributed by atoms with E-state index in [2.05, 4.69) is 5.10 Å². The molecule has 4 rings (SSSR count). The predicted molar refractivity (Wildman–Crippen MR) is 113 cm³/mol. The maximum absolute atomic E-state index is 13.0. The Morgan fingerprint density at radius 2 is 1.53 bits per heavy atom. The van der Waals surface area contributed by atoms with E-state index in [0.29, 0.717) is 43.1 Å². The highest BCUT2D eigenvalue weighted by molar-refractivity contribution is 5.99. The topological polar surface area (TPSA) is 105 Å². The Bertz CT molecular complexity index is 1080. The standard InChI is InChI=1S/C22H23N5O3/c1-15-4-2-3-5-19(15)27-20(23)18(14-24-27)22(30)26-12-10-25(11-13-26)21(29)16-6-8-17(28)9-7-16/h2-9,14,28H,10-13,23H2,1H3. The summed E-state index contributed by atoms with van der Waals surface area (Å²) in [6.07, 6.45) is 1.50. The Labute approximate surface area is 174 Å². The van der Waals surface area contributed by atoms with Crippen molar-refractivity contribution >= 4 is 17.6 Å². The van der Waals surface area contributed by atoms with E-state index in [1.807, 2.05) is 31.2 Å². The average molecular weight is 405 g/mol. The number of piperazine rings is 1. The van der Waals surface area contributed by atoms with Crippen LogP contribution in [0.3, 0.4) is 0 Å². The van der Waals surface area contributed by atoms with E-state index in [9.17, 15) is 14.7 Å². The molecule has 0 radical (unpaired) electrons. The van der Waals surface area contributed by atoms with Gasteiger partial charge in [0.05, 0.1) is 11.9 Å². The summed E-state index contributed by atoms with van der Waals surface area (Å²) in [6, 6.07) is 13.9. The highest BCUT2D eigenvalue weighted by atomic mass is 16.3. The number of phenolic OH excluding ortho intramolecular Hbond substituents is 1. The van der Waals surface area contributed by atoms with Gasteiger partial charge in [0.15, 0.2) is 0 Å². The lowest BCUT2D eigenvalue weighted by atomic mass is 10.1. The zero-order valence-corrected chi connectivity index (χ0v) is 16.7. The van der Waals surface area contributed by atoms with Crippen molar-refractivity contribution in [2.24, 2.45) is 0 Å². The third-order valence-corrected chi connectivity index (χ3v) is 5.35. The number of hydrogen-bond donors (Lipinski definition) is 2. The van der Waals surface area contributed by atoms with Crippen LogP contribution < -0.4 is 5.73 Å². The summed E-state index contributed by atoms with van der Waals surface area (Å²) in [6.45, 7) is 3.64. The fourth-order valence-electron chi connectivity index (χ4n) is 3.59. The molecule has 8 nitrogen and oxygen atoms in total. The van der Waals surface area contributed by atoms with Crippen LogP contribution in [0.2, 0.25) is 0 Å². The number of hydrogen-bond acceptors (Lipinski definition) is 5. The molecule has 1 aliphatic heterocycles. The second-order valence-corrected chi connectivity index (χ2v) is 7.27. The van der Waals surface area contributed by atoms with Gasteiger partial charge in [-0.2, -0.15) is 5.10 Å². The number of carbonyl (C=O) groups is 2. The molecule has 2 aromatic carbocycles. The molecule has 0 bridgehead atoms. The summed E-state index contributed by atoms with van der Waals surface area (Å²) in [7, 11) is 0. The number of benzene rings is 2. The maximum atomic E-state index is 13.0. The van der Waals surface area contributed by atoms with Crippen LogP contribution in [0.4, 0.5) is 5.82 Å². The van der Waals surface area contributed by atoms with Crippen LogP contribution in [0, 0.1) is 6.92 Å². The van der Waals surface area contributed by atoms with Gasteiger partial charge >= 0.3 is 0 Å². The molecule has 0 saturated carbocycles. The molecule has 154 valence electrons. The van der Waals surface area contributed by atoms with Gasteiger partial charge in [0.1, 0.15) is 17.1 Å². The summed E-state index contributed by atoms with van der Waals surface area (Å²) in [5.41, 5.74) is 8.95.